The number of carbonyl (C=O) groups is 1. The van der Waals surface area contributed by atoms with Crippen LogP contribution in [0.4, 0.5) is 11.4 Å². The third-order valence-electron chi connectivity index (χ3n) is 6.51. The minimum Gasteiger partial charge on any atom is -0.351 e. The largest absolute Gasteiger partial charge is 0.351 e. The maximum Gasteiger partial charge on any atom is 0.226 e. The average molecular weight is 551 g/mol. The molecule has 2 atom stereocenters. The molecular weight excluding hydrogens is 524 g/mol. The molecule has 1 fully saturated rings. The summed E-state index contributed by atoms with van der Waals surface area (Å²) < 4.78 is 2.17. The zero-order chi connectivity index (χ0) is 26.3. The normalized spacial score (nSPS) is 17.4. The summed E-state index contributed by atoms with van der Waals surface area (Å²) in [5, 5.41) is 10.3. The number of hydrogen-bond acceptors (Lipinski definition) is 5. The van der Waals surface area contributed by atoms with Gasteiger partial charge in [-0.2, -0.15) is 0 Å². The van der Waals surface area contributed by atoms with E-state index in [-0.39, 0.29) is 23.9 Å². The minimum absolute atomic E-state index is 0.0873. The van der Waals surface area contributed by atoms with Crippen LogP contribution in [0.25, 0.3) is 5.13 Å². The Hall–Kier alpha value is -3.27. The van der Waals surface area contributed by atoms with Crippen molar-refractivity contribution in [1.82, 2.24) is 19.9 Å². The second-order valence-corrected chi connectivity index (χ2v) is 10.9. The summed E-state index contributed by atoms with van der Waals surface area (Å²) in [6.07, 6.45) is 3.61. The van der Waals surface area contributed by atoms with Crippen LogP contribution < -0.4 is 15.5 Å². The van der Waals surface area contributed by atoms with E-state index in [0.29, 0.717) is 15.8 Å². The summed E-state index contributed by atoms with van der Waals surface area (Å²) in [5.41, 5.74) is 5.58. The number of hydrogen-bond donors (Lipinski definition) is 2. The second kappa shape index (κ2) is 10.2. The van der Waals surface area contributed by atoms with Gasteiger partial charge in [0.05, 0.1) is 28.5 Å². The van der Waals surface area contributed by atoms with Crippen molar-refractivity contribution in [2.75, 3.05) is 10.2 Å². The van der Waals surface area contributed by atoms with Crippen LogP contribution in [0.15, 0.2) is 60.2 Å². The molecule has 0 spiro atoms. The molecule has 10 heteroatoms. The lowest BCUT2D eigenvalue weighted by Crippen LogP contribution is -2.29. The Morgan fingerprint density at radius 3 is 2.62 bits per heavy atom. The summed E-state index contributed by atoms with van der Waals surface area (Å²) in [5.74, 6) is -0.238. The van der Waals surface area contributed by atoms with Crippen molar-refractivity contribution >= 4 is 57.5 Å². The number of thiazole rings is 1. The average Bonchev–Trinajstić information content (AvgIpc) is 3.58. The number of aryl methyl sites for hydroxylation is 1. The highest BCUT2D eigenvalue weighted by molar-refractivity contribution is 7.80. The van der Waals surface area contributed by atoms with Crippen molar-refractivity contribution in [1.29, 1.82) is 0 Å². The first-order valence-electron chi connectivity index (χ1n) is 12.0. The molecule has 1 aliphatic heterocycles. The molecular formula is C27H27ClN6OS2. The fourth-order valence-corrected chi connectivity index (χ4v) is 6.01. The van der Waals surface area contributed by atoms with Crippen molar-refractivity contribution in [3.63, 3.8) is 0 Å². The van der Waals surface area contributed by atoms with Gasteiger partial charge in [-0.25, -0.2) is 4.98 Å². The van der Waals surface area contributed by atoms with Gasteiger partial charge in [-0.1, -0.05) is 31.5 Å². The molecule has 4 aromatic rings. The predicted molar refractivity (Wildman–Crippen MR) is 154 cm³/mol. The Morgan fingerprint density at radius 2 is 1.97 bits per heavy atom. The van der Waals surface area contributed by atoms with Crippen LogP contribution in [-0.4, -0.2) is 25.6 Å². The van der Waals surface area contributed by atoms with Crippen molar-refractivity contribution in [2.45, 2.75) is 39.8 Å². The van der Waals surface area contributed by atoms with Crippen LogP contribution >= 0.6 is 35.2 Å². The number of rotatable bonds is 6. The molecule has 1 aliphatic rings. The van der Waals surface area contributed by atoms with Crippen molar-refractivity contribution in [3.8, 4) is 5.13 Å². The first-order valence-corrected chi connectivity index (χ1v) is 13.6. The fourth-order valence-electron chi connectivity index (χ4n) is 4.69. The number of pyridine rings is 1. The first-order chi connectivity index (χ1) is 17.8. The lowest BCUT2D eigenvalue weighted by atomic mass is 9.96. The van der Waals surface area contributed by atoms with E-state index in [1.807, 2.05) is 61.8 Å². The number of carbonyl (C=O) groups excluding carboxylic acids is 1. The third-order valence-corrected chi connectivity index (χ3v) is 7.89. The summed E-state index contributed by atoms with van der Waals surface area (Å²) in [7, 11) is 0. The van der Waals surface area contributed by atoms with Gasteiger partial charge in [0.2, 0.25) is 5.91 Å². The van der Waals surface area contributed by atoms with Gasteiger partial charge in [0, 0.05) is 40.8 Å². The molecule has 1 saturated heterocycles. The summed E-state index contributed by atoms with van der Waals surface area (Å²) in [6, 6.07) is 13.3. The SMILES string of the molecule is Cc1cc([C@H]2[C@@H](c3ccccn3)NC(=S)N2c2ccc(NC(=O)C(C)C)c(Cl)c2)c(C)n1-c1nccs1. The Bertz CT molecular complexity index is 1450. The van der Waals surface area contributed by atoms with E-state index in [4.69, 9.17) is 23.8 Å². The van der Waals surface area contributed by atoms with Gasteiger partial charge in [0.1, 0.15) is 0 Å². The molecule has 3 aromatic heterocycles. The van der Waals surface area contributed by atoms with Crippen LogP contribution in [-0.2, 0) is 4.79 Å². The van der Waals surface area contributed by atoms with Gasteiger partial charge in [0.25, 0.3) is 0 Å². The van der Waals surface area contributed by atoms with Gasteiger partial charge in [0.15, 0.2) is 10.2 Å². The smallest absolute Gasteiger partial charge is 0.226 e. The fraction of sp³-hybridized carbons (Fsp3) is 0.259. The number of aromatic nitrogens is 3. The molecule has 5 rings (SSSR count). The number of thiocarbonyl (C=S) groups is 1. The number of halogens is 1. The van der Waals surface area contributed by atoms with Gasteiger partial charge in [-0.3, -0.25) is 14.3 Å². The van der Waals surface area contributed by atoms with Crippen LogP contribution in [0, 0.1) is 19.8 Å². The number of nitrogens with one attached hydrogen (secondary N) is 2. The van der Waals surface area contributed by atoms with Crippen molar-refractivity contribution in [2.24, 2.45) is 5.92 Å². The van der Waals surface area contributed by atoms with E-state index in [0.717, 1.165) is 33.5 Å². The first kappa shape index (κ1) is 25.4. The van der Waals surface area contributed by atoms with E-state index >= 15 is 0 Å². The van der Waals surface area contributed by atoms with E-state index in [1.165, 1.54) is 0 Å². The molecule has 1 amide bonds. The van der Waals surface area contributed by atoms with Gasteiger partial charge < -0.3 is 15.5 Å². The maximum atomic E-state index is 12.2. The van der Waals surface area contributed by atoms with Crippen LogP contribution in [0.2, 0.25) is 5.02 Å². The van der Waals surface area contributed by atoms with Crippen LogP contribution in [0.1, 0.15) is 48.6 Å². The standard InChI is InChI=1S/C27H27ClN6OS2/c1-15(2)25(35)31-21-9-8-18(14-20(21)28)34-24(23(32-26(34)36)22-7-5-6-10-29-22)19-13-16(3)33(17(19)4)27-30-11-12-37-27/h5-15,23-24H,1-4H3,(H,31,35)(H,32,36)/t23-,24+/m1/s1. The highest BCUT2D eigenvalue weighted by Crippen LogP contribution is 2.44. The van der Waals surface area contributed by atoms with E-state index in [1.54, 1.807) is 17.5 Å². The molecule has 2 N–H and O–H groups in total. The number of anilines is 2. The van der Waals surface area contributed by atoms with Gasteiger partial charge in [-0.05, 0) is 68.0 Å². The zero-order valence-electron chi connectivity index (χ0n) is 20.9. The summed E-state index contributed by atoms with van der Waals surface area (Å²) >= 11 is 14.1. The number of nitrogens with zero attached hydrogens (tertiary/aromatic N) is 4. The molecule has 0 unspecified atom stereocenters. The Morgan fingerprint density at radius 1 is 1.16 bits per heavy atom. The molecule has 190 valence electrons. The zero-order valence-corrected chi connectivity index (χ0v) is 23.3. The van der Waals surface area contributed by atoms with Gasteiger partial charge >= 0.3 is 0 Å². The second-order valence-electron chi connectivity index (χ2n) is 9.28. The molecule has 4 heterocycles. The van der Waals surface area contributed by atoms with E-state index < -0.39 is 0 Å². The number of benzene rings is 1. The highest BCUT2D eigenvalue weighted by atomic mass is 35.5. The molecule has 0 saturated carbocycles. The molecule has 1 aromatic carbocycles. The monoisotopic (exact) mass is 550 g/mol. The predicted octanol–water partition coefficient (Wildman–Crippen LogP) is 6.37. The maximum absolute atomic E-state index is 12.2. The quantitative estimate of drug-likeness (QED) is 0.272. The molecule has 0 aliphatic carbocycles. The van der Waals surface area contributed by atoms with Crippen LogP contribution in [0.5, 0.6) is 0 Å². The summed E-state index contributed by atoms with van der Waals surface area (Å²) in [4.78, 5) is 23.5. The molecule has 0 bridgehead atoms. The lowest BCUT2D eigenvalue weighted by molar-refractivity contribution is -0.118. The molecule has 0 radical (unpaired) electrons. The van der Waals surface area contributed by atoms with Crippen LogP contribution in [0.3, 0.4) is 0 Å². The minimum atomic E-state index is -0.186. The lowest BCUT2D eigenvalue weighted by Gasteiger charge is -2.28. The number of amides is 1. The molecule has 7 nitrogen and oxygen atoms in total. The molecule has 37 heavy (non-hydrogen) atoms. The van der Waals surface area contributed by atoms with E-state index in [2.05, 4.69) is 50.0 Å². The topological polar surface area (TPSA) is 75.1 Å². The Kier molecular flexibility index (Phi) is 7.02. The van der Waals surface area contributed by atoms with Crippen molar-refractivity contribution < 1.29 is 4.79 Å². The van der Waals surface area contributed by atoms with Gasteiger partial charge in [-0.15, -0.1) is 11.3 Å². The highest BCUT2D eigenvalue weighted by Gasteiger charge is 2.42. The van der Waals surface area contributed by atoms with Crippen molar-refractivity contribution in [3.05, 3.63) is 87.9 Å². The van der Waals surface area contributed by atoms with E-state index in [9.17, 15) is 4.79 Å². The Labute approximate surface area is 230 Å². The third kappa shape index (κ3) is 4.74. The Balaban J connectivity index is 1.61. The summed E-state index contributed by atoms with van der Waals surface area (Å²) in [6.45, 7) is 7.88.